The van der Waals surface area contributed by atoms with Gasteiger partial charge in [-0.15, -0.1) is 0 Å². The van der Waals surface area contributed by atoms with E-state index < -0.39 is 22.5 Å². The number of nitrogens with zero attached hydrogens (tertiary/aromatic N) is 1. The molecule has 0 bridgehead atoms. The van der Waals surface area contributed by atoms with Crippen molar-refractivity contribution in [2.75, 3.05) is 0 Å². The Balaban J connectivity index is 3.36. The maximum absolute atomic E-state index is 12.6. The van der Waals surface area contributed by atoms with Crippen molar-refractivity contribution in [2.24, 2.45) is 0 Å². The summed E-state index contributed by atoms with van der Waals surface area (Å²) in [7, 11) is 0. The van der Waals surface area contributed by atoms with E-state index in [0.29, 0.717) is 6.20 Å². The summed E-state index contributed by atoms with van der Waals surface area (Å²) in [4.78, 5) is 13.6. The Morgan fingerprint density at radius 1 is 1.50 bits per heavy atom. The Labute approximate surface area is 76.7 Å². The van der Waals surface area contributed by atoms with Gasteiger partial charge >= 0.3 is 5.97 Å². The summed E-state index contributed by atoms with van der Waals surface area (Å²) in [6.07, 6.45) is 0.706. The Hall–Kier alpha value is -0.870. The molecule has 0 aliphatic heterocycles. The molecule has 12 heavy (non-hydrogen) atoms. The summed E-state index contributed by atoms with van der Waals surface area (Å²) in [5, 5.41) is 7.64. The molecule has 0 unspecified atom stereocenters. The van der Waals surface area contributed by atoms with E-state index in [2.05, 4.69) is 4.98 Å². The van der Waals surface area contributed by atoms with Gasteiger partial charge in [-0.05, 0) is 0 Å². The van der Waals surface area contributed by atoms with Gasteiger partial charge in [-0.3, -0.25) is 0 Å². The molecule has 0 aliphatic carbocycles. The molecule has 0 atom stereocenters. The molecule has 6 heteroatoms. The lowest BCUT2D eigenvalue weighted by atomic mass is 10.3. The second-order valence-corrected chi connectivity index (χ2v) is 2.64. The van der Waals surface area contributed by atoms with Crippen LogP contribution in [0.1, 0.15) is 10.5 Å². The van der Waals surface area contributed by atoms with Crippen LogP contribution in [0, 0.1) is 5.82 Å². The fourth-order valence-corrected chi connectivity index (χ4v) is 0.951. The molecule has 0 aromatic carbocycles. The number of carboxylic acid groups (broad SMARTS) is 1. The first kappa shape index (κ1) is 9.22. The molecule has 1 N–H and O–H groups in total. The normalized spacial score (nSPS) is 9.92. The van der Waals surface area contributed by atoms with Gasteiger partial charge in [0.15, 0.2) is 11.5 Å². The van der Waals surface area contributed by atoms with E-state index >= 15 is 0 Å². The lowest BCUT2D eigenvalue weighted by Gasteiger charge is -1.99. The molecule has 0 fully saturated rings. The highest BCUT2D eigenvalue weighted by Crippen LogP contribution is 2.26. The van der Waals surface area contributed by atoms with Crippen molar-refractivity contribution in [3.63, 3.8) is 0 Å². The Kier molecular flexibility index (Phi) is 2.49. The fraction of sp³-hybridized carbons (Fsp3) is 0. The largest absolute Gasteiger partial charge is 0.476 e. The number of pyridine rings is 1. The number of aromatic carboxylic acids is 1. The van der Waals surface area contributed by atoms with Crippen LogP contribution in [-0.2, 0) is 0 Å². The van der Waals surface area contributed by atoms with Crippen LogP contribution in [0.5, 0.6) is 0 Å². The van der Waals surface area contributed by atoms with Crippen molar-refractivity contribution in [3.05, 3.63) is 27.8 Å². The molecule has 0 aliphatic rings. The number of carboxylic acids is 1. The zero-order valence-electron chi connectivity index (χ0n) is 5.51. The zero-order chi connectivity index (χ0) is 9.30. The topological polar surface area (TPSA) is 50.2 Å². The SMILES string of the molecule is O=C(O)c1ncc(F)c(Cl)c1Cl. The van der Waals surface area contributed by atoms with Crippen LogP contribution < -0.4 is 0 Å². The van der Waals surface area contributed by atoms with Crippen molar-refractivity contribution >= 4 is 29.2 Å². The van der Waals surface area contributed by atoms with Gasteiger partial charge < -0.3 is 5.11 Å². The molecule has 0 saturated carbocycles. The third-order valence-corrected chi connectivity index (χ3v) is 1.95. The lowest BCUT2D eigenvalue weighted by Crippen LogP contribution is -2.02. The van der Waals surface area contributed by atoms with E-state index in [9.17, 15) is 9.18 Å². The minimum atomic E-state index is -1.35. The molecule has 3 nitrogen and oxygen atoms in total. The van der Waals surface area contributed by atoms with Gasteiger partial charge in [0.2, 0.25) is 0 Å². The molecule has 1 rings (SSSR count). The quantitative estimate of drug-likeness (QED) is 0.772. The fourth-order valence-electron chi connectivity index (χ4n) is 0.592. The summed E-state index contributed by atoms with van der Waals surface area (Å²) >= 11 is 10.7. The molecule has 0 spiro atoms. The number of halogens is 3. The second-order valence-electron chi connectivity index (χ2n) is 1.89. The van der Waals surface area contributed by atoms with Crippen LogP contribution in [0.2, 0.25) is 10.0 Å². The average Bonchev–Trinajstić information content (AvgIpc) is 2.00. The van der Waals surface area contributed by atoms with Crippen LogP contribution >= 0.6 is 23.2 Å². The minimum absolute atomic E-state index is 0.385. The minimum Gasteiger partial charge on any atom is -0.476 e. The first-order valence-electron chi connectivity index (χ1n) is 2.77. The van der Waals surface area contributed by atoms with Gasteiger partial charge in [-0.1, -0.05) is 23.2 Å². The monoisotopic (exact) mass is 209 g/mol. The van der Waals surface area contributed by atoms with Crippen LogP contribution in [0.25, 0.3) is 0 Å². The number of hydrogen-bond acceptors (Lipinski definition) is 2. The van der Waals surface area contributed by atoms with Crippen LogP contribution in [0.3, 0.4) is 0 Å². The van der Waals surface area contributed by atoms with Gasteiger partial charge in [0.05, 0.1) is 16.2 Å². The van der Waals surface area contributed by atoms with Crippen molar-refractivity contribution in [1.29, 1.82) is 0 Å². The third-order valence-electron chi connectivity index (χ3n) is 1.12. The summed E-state index contributed by atoms with van der Waals surface area (Å²) in [5.41, 5.74) is -0.455. The van der Waals surface area contributed by atoms with Crippen molar-refractivity contribution in [1.82, 2.24) is 4.98 Å². The maximum atomic E-state index is 12.6. The van der Waals surface area contributed by atoms with Crippen molar-refractivity contribution < 1.29 is 14.3 Å². The highest BCUT2D eigenvalue weighted by atomic mass is 35.5. The first-order chi connectivity index (χ1) is 5.54. The van der Waals surface area contributed by atoms with E-state index in [4.69, 9.17) is 28.3 Å². The third kappa shape index (κ3) is 1.49. The van der Waals surface area contributed by atoms with Gasteiger partial charge in [-0.2, -0.15) is 0 Å². The van der Waals surface area contributed by atoms with E-state index in [1.165, 1.54) is 0 Å². The Morgan fingerprint density at radius 2 is 2.08 bits per heavy atom. The van der Waals surface area contributed by atoms with Crippen LogP contribution in [0.15, 0.2) is 6.20 Å². The summed E-state index contributed by atoms with van der Waals surface area (Å²) in [6.45, 7) is 0. The molecular weight excluding hydrogens is 208 g/mol. The van der Waals surface area contributed by atoms with Crippen molar-refractivity contribution in [3.8, 4) is 0 Å². The lowest BCUT2D eigenvalue weighted by molar-refractivity contribution is 0.0690. The Bertz CT molecular complexity index is 343. The zero-order valence-corrected chi connectivity index (χ0v) is 7.03. The predicted molar refractivity (Wildman–Crippen MR) is 41.2 cm³/mol. The number of carbonyl (C=O) groups is 1. The first-order valence-corrected chi connectivity index (χ1v) is 3.52. The smallest absolute Gasteiger partial charge is 0.356 e. The van der Waals surface area contributed by atoms with E-state index in [0.717, 1.165) is 0 Å². The summed E-state index contributed by atoms with van der Waals surface area (Å²) in [5.74, 6) is -2.19. The van der Waals surface area contributed by atoms with Gasteiger partial charge in [-0.25, -0.2) is 14.2 Å². The number of aromatic nitrogens is 1. The van der Waals surface area contributed by atoms with E-state index in [1.54, 1.807) is 0 Å². The maximum Gasteiger partial charge on any atom is 0.356 e. The van der Waals surface area contributed by atoms with Crippen LogP contribution in [0.4, 0.5) is 4.39 Å². The summed E-state index contributed by atoms with van der Waals surface area (Å²) < 4.78 is 12.6. The standard InChI is InChI=1S/C6H2Cl2FNO2/c7-3-2(9)1-10-5(4(3)8)6(11)12/h1H,(H,11,12). The molecule has 64 valence electrons. The molecule has 1 aromatic heterocycles. The molecule has 1 heterocycles. The molecule has 0 saturated heterocycles. The Morgan fingerprint density at radius 3 is 2.58 bits per heavy atom. The predicted octanol–water partition coefficient (Wildman–Crippen LogP) is 2.23. The van der Waals surface area contributed by atoms with Crippen LogP contribution in [-0.4, -0.2) is 16.1 Å². The summed E-state index contributed by atoms with van der Waals surface area (Å²) in [6, 6.07) is 0. The van der Waals surface area contributed by atoms with E-state index in [-0.39, 0.29) is 5.02 Å². The van der Waals surface area contributed by atoms with Gasteiger partial charge in [0.1, 0.15) is 0 Å². The van der Waals surface area contributed by atoms with Gasteiger partial charge in [0, 0.05) is 0 Å². The molecule has 1 aromatic rings. The van der Waals surface area contributed by atoms with Gasteiger partial charge in [0.25, 0.3) is 0 Å². The highest BCUT2D eigenvalue weighted by Gasteiger charge is 2.16. The highest BCUT2D eigenvalue weighted by molar-refractivity contribution is 6.43. The van der Waals surface area contributed by atoms with Crippen molar-refractivity contribution in [2.45, 2.75) is 0 Å². The molecular formula is C6H2Cl2FNO2. The molecule has 0 radical (unpaired) electrons. The van der Waals surface area contributed by atoms with E-state index in [1.807, 2.05) is 0 Å². The molecule has 0 amide bonds. The second kappa shape index (κ2) is 3.25. The number of hydrogen-bond donors (Lipinski definition) is 1. The number of rotatable bonds is 1. The average molecular weight is 210 g/mol.